The predicted octanol–water partition coefficient (Wildman–Crippen LogP) is 5.47. The lowest BCUT2D eigenvalue weighted by Crippen LogP contribution is -2.10. The van der Waals surface area contributed by atoms with Crippen LogP contribution in [-0.4, -0.2) is 10.2 Å². The molecule has 2 N–H and O–H groups in total. The molecule has 0 saturated heterocycles. The first-order valence-corrected chi connectivity index (χ1v) is 9.29. The van der Waals surface area contributed by atoms with Gasteiger partial charge in [-0.2, -0.15) is 0 Å². The largest absolute Gasteiger partial charge is 0.507 e. The van der Waals surface area contributed by atoms with Crippen molar-refractivity contribution >= 4 is 14.5 Å². The number of aryl methyl sites for hydroxylation is 2. The van der Waals surface area contributed by atoms with E-state index in [2.05, 4.69) is 30.0 Å². The van der Waals surface area contributed by atoms with Gasteiger partial charge in [-0.3, -0.25) is 0 Å². The fourth-order valence-electron chi connectivity index (χ4n) is 3.75. The van der Waals surface area contributed by atoms with Crippen LogP contribution in [0.4, 0.5) is 0 Å². The first-order chi connectivity index (χ1) is 12.2. The van der Waals surface area contributed by atoms with E-state index in [-0.39, 0.29) is 11.5 Å². The zero-order chi connectivity index (χ0) is 19.2. The highest BCUT2D eigenvalue weighted by molar-refractivity contribution is 7.27. The summed E-state index contributed by atoms with van der Waals surface area (Å²) in [5.74, 6) is 0.545. The second kappa shape index (κ2) is 6.78. The Balaban J connectivity index is 2.44. The number of rotatable bonds is 2. The van der Waals surface area contributed by atoms with Gasteiger partial charge in [0, 0.05) is 11.1 Å². The molecule has 0 saturated carbocycles. The molecule has 2 nitrogen and oxygen atoms in total. The smallest absolute Gasteiger partial charge is 0.123 e. The minimum absolute atomic E-state index is 0.273. The van der Waals surface area contributed by atoms with Gasteiger partial charge in [0.15, 0.2) is 0 Å². The van der Waals surface area contributed by atoms with Crippen LogP contribution in [0.3, 0.4) is 0 Å². The molecule has 0 aliphatic carbocycles. The molecule has 26 heavy (non-hydrogen) atoms. The summed E-state index contributed by atoms with van der Waals surface area (Å²) in [4.78, 5) is 0. The lowest BCUT2D eigenvalue weighted by Gasteiger charge is -2.22. The fraction of sp³-hybridized carbons (Fsp3) is 0.217. The lowest BCUT2D eigenvalue weighted by molar-refractivity contribution is 0.477. The number of benzene rings is 3. The Labute approximate surface area is 157 Å². The van der Waals surface area contributed by atoms with Crippen molar-refractivity contribution in [1.82, 2.24) is 0 Å². The average molecular weight is 364 g/mol. The van der Waals surface area contributed by atoms with Crippen molar-refractivity contribution in [3.05, 3.63) is 64.2 Å². The first-order valence-electron chi connectivity index (χ1n) is 8.71. The maximum absolute atomic E-state index is 10.5. The van der Waals surface area contributed by atoms with E-state index < -0.39 is 0 Å². The molecule has 0 heterocycles. The van der Waals surface area contributed by atoms with E-state index in [1.165, 1.54) is 0 Å². The van der Waals surface area contributed by atoms with E-state index in [0.717, 1.165) is 55.4 Å². The molecule has 3 aromatic carbocycles. The van der Waals surface area contributed by atoms with Gasteiger partial charge in [0.05, 0.1) is 0 Å². The molecule has 3 aromatic rings. The summed E-state index contributed by atoms with van der Waals surface area (Å²) in [6.45, 7) is 10.3. The molecule has 3 heteroatoms. The minimum Gasteiger partial charge on any atom is -0.507 e. The molecule has 0 amide bonds. The Kier molecular flexibility index (Phi) is 4.82. The van der Waals surface area contributed by atoms with Crippen molar-refractivity contribution < 1.29 is 10.2 Å². The minimum atomic E-state index is 0.273. The monoisotopic (exact) mass is 364 g/mol. The molecule has 0 spiro atoms. The standard InChI is InChI=1S/C23H25O2P/c1-12-6-8-19(24)17(10-12)21-14(3)22(16(5)23(26)15(21)4)18-11-13(2)7-9-20(18)25/h6-11,24-25H,26H2,1-5H3. The molecular weight excluding hydrogens is 339 g/mol. The molecule has 0 aliphatic rings. The van der Waals surface area contributed by atoms with Gasteiger partial charge in [-0.1, -0.05) is 23.3 Å². The summed E-state index contributed by atoms with van der Waals surface area (Å²) < 4.78 is 0. The van der Waals surface area contributed by atoms with E-state index in [1.54, 1.807) is 12.1 Å². The highest BCUT2D eigenvalue weighted by atomic mass is 31.0. The van der Waals surface area contributed by atoms with E-state index >= 15 is 0 Å². The summed E-state index contributed by atoms with van der Waals surface area (Å²) in [5, 5.41) is 22.1. The molecule has 0 fully saturated rings. The molecule has 134 valence electrons. The van der Waals surface area contributed by atoms with Gasteiger partial charge < -0.3 is 10.2 Å². The van der Waals surface area contributed by atoms with Crippen molar-refractivity contribution in [3.8, 4) is 33.8 Å². The number of hydrogen-bond acceptors (Lipinski definition) is 2. The van der Waals surface area contributed by atoms with Gasteiger partial charge in [0.25, 0.3) is 0 Å². The van der Waals surface area contributed by atoms with Crippen LogP contribution in [0.2, 0.25) is 0 Å². The van der Waals surface area contributed by atoms with E-state index in [9.17, 15) is 10.2 Å². The fourth-order valence-corrected chi connectivity index (χ4v) is 4.04. The highest BCUT2D eigenvalue weighted by Crippen LogP contribution is 2.42. The Bertz CT molecular complexity index is 941. The maximum Gasteiger partial charge on any atom is 0.123 e. The molecule has 0 bridgehead atoms. The second-order valence-electron chi connectivity index (χ2n) is 7.08. The Morgan fingerprint density at radius 1 is 0.615 bits per heavy atom. The second-order valence-corrected chi connectivity index (χ2v) is 7.66. The summed E-state index contributed by atoms with van der Waals surface area (Å²) in [6, 6.07) is 11.3. The molecular formula is C23H25O2P. The van der Waals surface area contributed by atoms with Crippen LogP contribution in [0.15, 0.2) is 36.4 Å². The van der Waals surface area contributed by atoms with Crippen LogP contribution in [0, 0.1) is 34.6 Å². The predicted molar refractivity (Wildman–Crippen MR) is 114 cm³/mol. The lowest BCUT2D eigenvalue weighted by atomic mass is 9.85. The topological polar surface area (TPSA) is 40.5 Å². The normalized spacial score (nSPS) is 11.0. The van der Waals surface area contributed by atoms with Crippen LogP contribution in [0.5, 0.6) is 11.5 Å². The first kappa shape index (κ1) is 18.5. The Morgan fingerprint density at radius 2 is 1.00 bits per heavy atom. The van der Waals surface area contributed by atoms with Gasteiger partial charge in [-0.15, -0.1) is 9.24 Å². The van der Waals surface area contributed by atoms with Gasteiger partial charge in [-0.05, 0) is 92.0 Å². The van der Waals surface area contributed by atoms with Crippen LogP contribution >= 0.6 is 9.24 Å². The molecule has 1 unspecified atom stereocenters. The van der Waals surface area contributed by atoms with Crippen LogP contribution in [0.25, 0.3) is 22.3 Å². The molecule has 0 aliphatic heterocycles. The number of hydrogen-bond donors (Lipinski definition) is 2. The SMILES string of the molecule is Cc1ccc(O)c(-c2c(C)c(P)c(C)c(-c3cc(C)ccc3O)c2C)c1. The maximum atomic E-state index is 10.5. The summed E-state index contributed by atoms with van der Waals surface area (Å²) in [7, 11) is 2.83. The molecule has 0 aromatic heterocycles. The van der Waals surface area contributed by atoms with Gasteiger partial charge in [0.2, 0.25) is 0 Å². The van der Waals surface area contributed by atoms with Crippen LogP contribution in [0.1, 0.15) is 27.8 Å². The van der Waals surface area contributed by atoms with Crippen molar-refractivity contribution in [2.24, 2.45) is 0 Å². The Hall–Kier alpha value is -2.31. The number of phenols is 2. The third-order valence-electron chi connectivity index (χ3n) is 5.15. The highest BCUT2D eigenvalue weighted by Gasteiger charge is 2.21. The number of phenolic OH excluding ortho intramolecular Hbond substituents is 2. The quantitative estimate of drug-likeness (QED) is 0.592. The van der Waals surface area contributed by atoms with Crippen molar-refractivity contribution in [3.63, 3.8) is 0 Å². The van der Waals surface area contributed by atoms with E-state index in [0.29, 0.717) is 0 Å². The summed E-state index contributed by atoms with van der Waals surface area (Å²) in [5.41, 5.74) is 9.23. The van der Waals surface area contributed by atoms with Crippen LogP contribution in [-0.2, 0) is 0 Å². The average Bonchev–Trinajstić information content (AvgIpc) is 2.59. The van der Waals surface area contributed by atoms with Crippen molar-refractivity contribution in [1.29, 1.82) is 0 Å². The zero-order valence-electron chi connectivity index (χ0n) is 15.9. The number of aromatic hydroxyl groups is 2. The van der Waals surface area contributed by atoms with Crippen LogP contribution < -0.4 is 5.30 Å². The molecule has 0 radical (unpaired) electrons. The summed E-state index contributed by atoms with van der Waals surface area (Å²) in [6.07, 6.45) is 0. The molecule has 1 atom stereocenters. The van der Waals surface area contributed by atoms with Gasteiger partial charge in [0.1, 0.15) is 11.5 Å². The third kappa shape index (κ3) is 2.99. The van der Waals surface area contributed by atoms with Crippen molar-refractivity contribution in [2.45, 2.75) is 34.6 Å². The van der Waals surface area contributed by atoms with E-state index in [1.807, 2.05) is 38.1 Å². The van der Waals surface area contributed by atoms with Crippen molar-refractivity contribution in [2.75, 3.05) is 0 Å². The zero-order valence-corrected chi connectivity index (χ0v) is 17.1. The van der Waals surface area contributed by atoms with Gasteiger partial charge in [-0.25, -0.2) is 0 Å². The van der Waals surface area contributed by atoms with Gasteiger partial charge >= 0.3 is 0 Å². The van der Waals surface area contributed by atoms with E-state index in [4.69, 9.17) is 0 Å². The Morgan fingerprint density at radius 3 is 1.38 bits per heavy atom. The molecule has 3 rings (SSSR count). The third-order valence-corrected chi connectivity index (χ3v) is 6.02. The summed E-state index contributed by atoms with van der Waals surface area (Å²) >= 11 is 0.